The SMILES string of the molecule is Cc1ccc(-c2cc([C@@H](O)CNCCNC(c3ccccc3)c3ccccc3)cc(C(F)(F)F)n2)cc1. The van der Waals surface area contributed by atoms with Crippen LogP contribution in [0.5, 0.6) is 0 Å². The summed E-state index contributed by atoms with van der Waals surface area (Å²) in [5.74, 6) is 0. The molecule has 0 fully saturated rings. The molecule has 1 aromatic heterocycles. The van der Waals surface area contributed by atoms with Crippen LogP contribution in [0.1, 0.15) is 40.1 Å². The Morgan fingerprint density at radius 3 is 1.95 bits per heavy atom. The number of benzene rings is 3. The van der Waals surface area contributed by atoms with Crippen LogP contribution in [-0.2, 0) is 6.18 Å². The number of rotatable bonds is 10. The summed E-state index contributed by atoms with van der Waals surface area (Å²) in [6.07, 6.45) is -5.73. The molecule has 0 aliphatic carbocycles. The highest BCUT2D eigenvalue weighted by molar-refractivity contribution is 5.61. The molecule has 0 spiro atoms. The summed E-state index contributed by atoms with van der Waals surface area (Å²) in [5, 5.41) is 17.4. The van der Waals surface area contributed by atoms with E-state index in [-0.39, 0.29) is 23.8 Å². The summed E-state index contributed by atoms with van der Waals surface area (Å²) in [5.41, 5.74) is 3.16. The van der Waals surface area contributed by atoms with Gasteiger partial charge in [-0.3, -0.25) is 0 Å². The van der Waals surface area contributed by atoms with Crippen molar-refractivity contribution in [2.45, 2.75) is 25.2 Å². The topological polar surface area (TPSA) is 57.2 Å². The largest absolute Gasteiger partial charge is 0.433 e. The highest BCUT2D eigenvalue weighted by Crippen LogP contribution is 2.32. The van der Waals surface area contributed by atoms with Crippen LogP contribution in [0.3, 0.4) is 0 Å². The lowest BCUT2D eigenvalue weighted by atomic mass is 9.99. The van der Waals surface area contributed by atoms with E-state index in [4.69, 9.17) is 0 Å². The first-order valence-electron chi connectivity index (χ1n) is 12.2. The molecule has 0 unspecified atom stereocenters. The molecule has 3 N–H and O–H groups in total. The molecule has 1 atom stereocenters. The van der Waals surface area contributed by atoms with Gasteiger partial charge in [-0.15, -0.1) is 0 Å². The minimum Gasteiger partial charge on any atom is -0.387 e. The van der Waals surface area contributed by atoms with Gasteiger partial charge >= 0.3 is 6.18 Å². The first-order valence-corrected chi connectivity index (χ1v) is 12.2. The zero-order chi connectivity index (χ0) is 26.3. The maximum absolute atomic E-state index is 13.5. The molecular formula is C30H30F3N3O. The van der Waals surface area contributed by atoms with Crippen molar-refractivity contribution in [1.29, 1.82) is 0 Å². The van der Waals surface area contributed by atoms with Crippen LogP contribution in [0.4, 0.5) is 13.2 Å². The zero-order valence-corrected chi connectivity index (χ0v) is 20.5. The second kappa shape index (κ2) is 12.1. The number of hydrogen-bond donors (Lipinski definition) is 3. The van der Waals surface area contributed by atoms with E-state index in [1.54, 1.807) is 12.1 Å². The van der Waals surface area contributed by atoms with E-state index >= 15 is 0 Å². The molecule has 0 aliphatic rings. The van der Waals surface area contributed by atoms with Gasteiger partial charge in [-0.1, -0.05) is 90.5 Å². The summed E-state index contributed by atoms with van der Waals surface area (Å²) >= 11 is 0. The predicted molar refractivity (Wildman–Crippen MR) is 140 cm³/mol. The fourth-order valence-electron chi connectivity index (χ4n) is 4.14. The Bertz CT molecular complexity index is 1220. The quantitative estimate of drug-likeness (QED) is 0.229. The third-order valence-corrected chi connectivity index (χ3v) is 6.12. The number of pyridine rings is 1. The first-order chi connectivity index (χ1) is 17.8. The van der Waals surface area contributed by atoms with E-state index in [9.17, 15) is 18.3 Å². The van der Waals surface area contributed by atoms with Crippen molar-refractivity contribution >= 4 is 0 Å². The average molecular weight is 506 g/mol. The lowest BCUT2D eigenvalue weighted by molar-refractivity contribution is -0.141. The van der Waals surface area contributed by atoms with E-state index in [0.29, 0.717) is 18.7 Å². The van der Waals surface area contributed by atoms with Crippen molar-refractivity contribution in [3.05, 3.63) is 125 Å². The average Bonchev–Trinajstić information content (AvgIpc) is 2.91. The van der Waals surface area contributed by atoms with Gasteiger partial charge in [0.1, 0.15) is 5.69 Å². The van der Waals surface area contributed by atoms with Crippen molar-refractivity contribution in [2.75, 3.05) is 19.6 Å². The van der Waals surface area contributed by atoms with Crippen LogP contribution in [-0.4, -0.2) is 29.7 Å². The Hall–Kier alpha value is -3.52. The number of aryl methyl sites for hydroxylation is 1. The summed E-state index contributed by atoms with van der Waals surface area (Å²) in [7, 11) is 0. The van der Waals surface area contributed by atoms with Gasteiger partial charge in [-0.25, -0.2) is 4.98 Å². The maximum Gasteiger partial charge on any atom is 0.433 e. The van der Waals surface area contributed by atoms with Crippen LogP contribution in [0.2, 0.25) is 0 Å². The number of aliphatic hydroxyl groups is 1. The number of aliphatic hydroxyl groups excluding tert-OH is 1. The zero-order valence-electron chi connectivity index (χ0n) is 20.5. The Kier molecular flexibility index (Phi) is 8.71. The number of alkyl halides is 3. The smallest absolute Gasteiger partial charge is 0.387 e. The lowest BCUT2D eigenvalue weighted by Crippen LogP contribution is -2.32. The number of aromatic nitrogens is 1. The van der Waals surface area contributed by atoms with Crippen molar-refractivity contribution in [3.63, 3.8) is 0 Å². The molecule has 0 aliphatic heterocycles. The molecule has 0 radical (unpaired) electrons. The molecule has 4 rings (SSSR count). The Morgan fingerprint density at radius 2 is 1.38 bits per heavy atom. The van der Waals surface area contributed by atoms with Crippen LogP contribution in [0.25, 0.3) is 11.3 Å². The molecule has 4 aromatic rings. The summed E-state index contributed by atoms with van der Waals surface area (Å²) in [6, 6.07) is 29.7. The van der Waals surface area contributed by atoms with E-state index < -0.39 is 18.0 Å². The molecular weight excluding hydrogens is 475 g/mol. The number of halogens is 3. The van der Waals surface area contributed by atoms with Gasteiger partial charge < -0.3 is 15.7 Å². The predicted octanol–water partition coefficient (Wildman–Crippen LogP) is 6.08. The second-order valence-corrected chi connectivity index (χ2v) is 8.96. The molecule has 192 valence electrons. The van der Waals surface area contributed by atoms with Crippen LogP contribution >= 0.6 is 0 Å². The molecule has 37 heavy (non-hydrogen) atoms. The fourth-order valence-corrected chi connectivity index (χ4v) is 4.14. The monoisotopic (exact) mass is 505 g/mol. The summed E-state index contributed by atoms with van der Waals surface area (Å²) in [6.45, 7) is 3.13. The molecule has 4 nitrogen and oxygen atoms in total. The van der Waals surface area contributed by atoms with Gasteiger partial charge in [-0.2, -0.15) is 13.2 Å². The lowest BCUT2D eigenvalue weighted by Gasteiger charge is -2.21. The van der Waals surface area contributed by atoms with Gasteiger partial charge in [-0.05, 0) is 35.7 Å². The van der Waals surface area contributed by atoms with Crippen molar-refractivity contribution in [3.8, 4) is 11.3 Å². The fraction of sp³-hybridized carbons (Fsp3) is 0.233. The van der Waals surface area contributed by atoms with Gasteiger partial charge in [0.05, 0.1) is 17.8 Å². The van der Waals surface area contributed by atoms with Crippen molar-refractivity contribution < 1.29 is 18.3 Å². The van der Waals surface area contributed by atoms with Gasteiger partial charge in [0.15, 0.2) is 0 Å². The Balaban J connectivity index is 1.40. The van der Waals surface area contributed by atoms with Gasteiger partial charge in [0, 0.05) is 25.2 Å². The first kappa shape index (κ1) is 26.5. The highest BCUT2D eigenvalue weighted by atomic mass is 19.4. The molecule has 1 heterocycles. The van der Waals surface area contributed by atoms with E-state index in [0.717, 1.165) is 22.8 Å². The van der Waals surface area contributed by atoms with Gasteiger partial charge in [0.25, 0.3) is 0 Å². The molecule has 3 aromatic carbocycles. The van der Waals surface area contributed by atoms with Crippen LogP contribution < -0.4 is 10.6 Å². The van der Waals surface area contributed by atoms with Crippen LogP contribution in [0.15, 0.2) is 97.1 Å². The number of hydrogen-bond acceptors (Lipinski definition) is 4. The normalized spacial score (nSPS) is 12.6. The number of nitrogens with zero attached hydrogens (tertiary/aromatic N) is 1. The summed E-state index contributed by atoms with van der Waals surface area (Å²) < 4.78 is 40.6. The second-order valence-electron chi connectivity index (χ2n) is 8.96. The van der Waals surface area contributed by atoms with E-state index in [1.165, 1.54) is 6.07 Å². The number of nitrogens with one attached hydrogen (secondary N) is 2. The minimum absolute atomic E-state index is 0.000678. The van der Waals surface area contributed by atoms with Gasteiger partial charge in [0.2, 0.25) is 0 Å². The summed E-state index contributed by atoms with van der Waals surface area (Å²) in [4.78, 5) is 3.81. The third kappa shape index (κ3) is 7.26. The highest BCUT2D eigenvalue weighted by Gasteiger charge is 2.34. The Labute approximate surface area is 215 Å². The molecule has 0 saturated carbocycles. The molecule has 0 bridgehead atoms. The standard InChI is InChI=1S/C30H30F3N3O/c1-21-12-14-22(15-13-21)26-18-25(19-28(36-26)30(31,32)33)27(37)20-34-16-17-35-29(23-8-4-2-5-9-23)24-10-6-3-7-11-24/h2-15,18-19,27,29,34-35,37H,16-17,20H2,1H3/t27-/m0/s1. The maximum atomic E-state index is 13.5. The van der Waals surface area contributed by atoms with Crippen molar-refractivity contribution in [1.82, 2.24) is 15.6 Å². The molecule has 0 amide bonds. The van der Waals surface area contributed by atoms with E-state index in [2.05, 4.69) is 39.9 Å². The third-order valence-electron chi connectivity index (χ3n) is 6.12. The molecule has 0 saturated heterocycles. The van der Waals surface area contributed by atoms with Crippen LogP contribution in [0, 0.1) is 6.92 Å². The minimum atomic E-state index is -4.61. The van der Waals surface area contributed by atoms with Crippen molar-refractivity contribution in [2.24, 2.45) is 0 Å². The van der Waals surface area contributed by atoms with E-state index in [1.807, 2.05) is 55.5 Å². The Morgan fingerprint density at radius 1 is 0.784 bits per heavy atom. The molecule has 7 heteroatoms.